The van der Waals surface area contributed by atoms with E-state index in [4.69, 9.17) is 0 Å². The Kier molecular flexibility index (Phi) is 4.77. The van der Waals surface area contributed by atoms with Crippen molar-refractivity contribution in [3.05, 3.63) is 41.5 Å². The molecule has 2 heteroatoms. The first-order valence-corrected chi connectivity index (χ1v) is 7.34. The third-order valence-electron chi connectivity index (χ3n) is 3.21. The lowest BCUT2D eigenvalue weighted by Gasteiger charge is -2.13. The second-order valence-corrected chi connectivity index (χ2v) is 5.57. The summed E-state index contributed by atoms with van der Waals surface area (Å²) in [4.78, 5) is 12.1. The normalized spacial score (nSPS) is 20.6. The highest BCUT2D eigenvalue weighted by Crippen LogP contribution is 2.31. The van der Waals surface area contributed by atoms with Crippen molar-refractivity contribution in [1.29, 1.82) is 0 Å². The second kappa shape index (κ2) is 6.34. The maximum absolute atomic E-state index is 12.1. The summed E-state index contributed by atoms with van der Waals surface area (Å²) in [5, 5.41) is 0. The maximum atomic E-state index is 12.1. The van der Waals surface area contributed by atoms with Crippen LogP contribution in [-0.2, 0) is 4.79 Å². The molecule has 0 heterocycles. The third-order valence-corrected chi connectivity index (χ3v) is 4.48. The minimum absolute atomic E-state index is 0.359. The quantitative estimate of drug-likeness (QED) is 0.532. The van der Waals surface area contributed by atoms with Gasteiger partial charge in [-0.2, -0.15) is 0 Å². The molecule has 1 aliphatic carbocycles. The van der Waals surface area contributed by atoms with Crippen LogP contribution in [0.5, 0.6) is 0 Å². The van der Waals surface area contributed by atoms with Crippen LogP contribution in [0.3, 0.4) is 0 Å². The van der Waals surface area contributed by atoms with Gasteiger partial charge in [-0.15, -0.1) is 0 Å². The van der Waals surface area contributed by atoms with Crippen LogP contribution in [0.4, 0.5) is 0 Å². The molecular weight excluding hydrogens is 323 g/mol. The zero-order valence-electron chi connectivity index (χ0n) is 9.92. The van der Waals surface area contributed by atoms with E-state index >= 15 is 0 Å². The van der Waals surface area contributed by atoms with Crippen LogP contribution in [0.25, 0.3) is 3.58 Å². The molecule has 0 bridgehead atoms. The Labute approximate surface area is 116 Å². The van der Waals surface area contributed by atoms with Gasteiger partial charge in [0.1, 0.15) is 0 Å². The van der Waals surface area contributed by atoms with Gasteiger partial charge >= 0.3 is 0 Å². The first-order valence-electron chi connectivity index (χ1n) is 6.26. The van der Waals surface area contributed by atoms with Crippen LogP contribution in [-0.4, -0.2) is 5.78 Å². The molecule has 0 spiro atoms. The van der Waals surface area contributed by atoms with Crippen LogP contribution < -0.4 is 0 Å². The summed E-state index contributed by atoms with van der Waals surface area (Å²) in [6.07, 6.45) is 6.36. The Morgan fingerprint density at radius 1 is 0.941 bits per heavy atom. The predicted molar refractivity (Wildman–Crippen MR) is 80.1 cm³/mol. The van der Waals surface area contributed by atoms with E-state index in [0.29, 0.717) is 5.78 Å². The highest BCUT2D eigenvalue weighted by atomic mass is 127. The predicted octanol–water partition coefficient (Wildman–Crippen LogP) is 4.76. The highest BCUT2D eigenvalue weighted by molar-refractivity contribution is 14.1. The molecule has 1 nitrogen and oxygen atoms in total. The van der Waals surface area contributed by atoms with Crippen molar-refractivity contribution in [1.82, 2.24) is 0 Å². The van der Waals surface area contributed by atoms with Gasteiger partial charge in [0, 0.05) is 15.6 Å². The largest absolute Gasteiger partial charge is 0.295 e. The van der Waals surface area contributed by atoms with E-state index in [9.17, 15) is 4.79 Å². The molecule has 1 saturated carbocycles. The molecule has 90 valence electrons. The molecule has 0 aromatic heterocycles. The standard InChI is InChI=1S/C15H17IO/c16-15(12-8-4-3-5-9-12)13-10-6-1-2-7-11-14(13)17/h3-5,8-9H,1-2,6-7,10-11H2/b15-13-. The van der Waals surface area contributed by atoms with Gasteiger partial charge in [-0.1, -0.05) is 43.2 Å². The summed E-state index contributed by atoms with van der Waals surface area (Å²) in [5.41, 5.74) is 2.23. The number of carbonyl (C=O) groups excluding carboxylic acids is 1. The SMILES string of the molecule is O=C1CCCCCC/C1=C(/I)c1ccccc1. The Morgan fingerprint density at radius 2 is 1.59 bits per heavy atom. The Hall–Kier alpha value is -0.640. The molecule has 0 atom stereocenters. The Balaban J connectivity index is 2.30. The van der Waals surface area contributed by atoms with Crippen LogP contribution in [0.1, 0.15) is 44.1 Å². The fourth-order valence-electron chi connectivity index (χ4n) is 2.22. The lowest BCUT2D eigenvalue weighted by molar-refractivity contribution is -0.115. The van der Waals surface area contributed by atoms with Gasteiger partial charge in [-0.05, 0) is 47.4 Å². The van der Waals surface area contributed by atoms with Gasteiger partial charge in [0.15, 0.2) is 5.78 Å². The second-order valence-electron chi connectivity index (χ2n) is 4.50. The number of hydrogen-bond donors (Lipinski definition) is 0. The van der Waals surface area contributed by atoms with Gasteiger partial charge in [-0.3, -0.25) is 4.79 Å². The first-order chi connectivity index (χ1) is 8.29. The van der Waals surface area contributed by atoms with E-state index in [1.165, 1.54) is 18.4 Å². The zero-order chi connectivity index (χ0) is 12.1. The number of rotatable bonds is 1. The molecule has 0 unspecified atom stereocenters. The minimum Gasteiger partial charge on any atom is -0.295 e. The van der Waals surface area contributed by atoms with E-state index < -0.39 is 0 Å². The molecule has 0 aliphatic heterocycles. The van der Waals surface area contributed by atoms with E-state index in [1.54, 1.807) is 0 Å². The van der Waals surface area contributed by atoms with Crippen LogP contribution in [0.2, 0.25) is 0 Å². The lowest BCUT2D eigenvalue weighted by Crippen LogP contribution is -2.07. The fourth-order valence-corrected chi connectivity index (χ4v) is 3.15. The summed E-state index contributed by atoms with van der Waals surface area (Å²) < 4.78 is 1.15. The molecule has 2 rings (SSSR count). The van der Waals surface area contributed by atoms with Crippen LogP contribution >= 0.6 is 22.6 Å². The molecule has 0 saturated heterocycles. The first kappa shape index (κ1) is 12.8. The lowest BCUT2D eigenvalue weighted by atomic mass is 9.93. The average Bonchev–Trinajstić information content (AvgIpc) is 2.35. The Morgan fingerprint density at radius 3 is 2.29 bits per heavy atom. The molecule has 1 aromatic rings. The maximum Gasteiger partial charge on any atom is 0.159 e. The number of allylic oxidation sites excluding steroid dienone is 1. The van der Waals surface area contributed by atoms with Crippen LogP contribution in [0.15, 0.2) is 35.9 Å². The van der Waals surface area contributed by atoms with Gasteiger partial charge in [0.05, 0.1) is 0 Å². The van der Waals surface area contributed by atoms with Crippen molar-refractivity contribution >= 4 is 32.0 Å². The van der Waals surface area contributed by atoms with Gasteiger partial charge < -0.3 is 0 Å². The van der Waals surface area contributed by atoms with Crippen molar-refractivity contribution in [2.45, 2.75) is 38.5 Å². The average molecular weight is 340 g/mol. The molecule has 1 aromatic carbocycles. The Bertz CT molecular complexity index is 420. The molecule has 1 fully saturated rings. The molecule has 0 radical (unpaired) electrons. The summed E-state index contributed by atoms with van der Waals surface area (Å²) in [6, 6.07) is 10.2. The molecule has 17 heavy (non-hydrogen) atoms. The van der Waals surface area contributed by atoms with Crippen molar-refractivity contribution in [3.63, 3.8) is 0 Å². The summed E-state index contributed by atoms with van der Waals surface area (Å²) >= 11 is 2.33. The van der Waals surface area contributed by atoms with Gasteiger partial charge in [0.25, 0.3) is 0 Å². The molecule has 0 amide bonds. The number of ketones is 1. The topological polar surface area (TPSA) is 17.1 Å². The smallest absolute Gasteiger partial charge is 0.159 e. The number of halogens is 1. The van der Waals surface area contributed by atoms with Crippen molar-refractivity contribution in [3.8, 4) is 0 Å². The van der Waals surface area contributed by atoms with E-state index in [-0.39, 0.29) is 0 Å². The number of carbonyl (C=O) groups is 1. The van der Waals surface area contributed by atoms with E-state index in [1.807, 2.05) is 18.2 Å². The van der Waals surface area contributed by atoms with Crippen molar-refractivity contribution < 1.29 is 4.79 Å². The van der Waals surface area contributed by atoms with Crippen molar-refractivity contribution in [2.24, 2.45) is 0 Å². The van der Waals surface area contributed by atoms with Crippen molar-refractivity contribution in [2.75, 3.05) is 0 Å². The van der Waals surface area contributed by atoms with Gasteiger partial charge in [-0.25, -0.2) is 0 Å². The number of hydrogen-bond acceptors (Lipinski definition) is 1. The highest BCUT2D eigenvalue weighted by Gasteiger charge is 2.16. The monoisotopic (exact) mass is 340 g/mol. The van der Waals surface area contributed by atoms with Crippen LogP contribution in [0, 0.1) is 0 Å². The fraction of sp³-hybridized carbons (Fsp3) is 0.400. The zero-order valence-corrected chi connectivity index (χ0v) is 12.1. The summed E-state index contributed by atoms with van der Waals surface area (Å²) in [6.45, 7) is 0. The van der Waals surface area contributed by atoms with E-state index in [0.717, 1.165) is 34.8 Å². The summed E-state index contributed by atoms with van der Waals surface area (Å²) in [7, 11) is 0. The summed E-state index contributed by atoms with van der Waals surface area (Å²) in [5.74, 6) is 0.359. The minimum atomic E-state index is 0.359. The number of Topliss-reactive ketones (excluding diaryl/α,β-unsaturated/α-hetero) is 1. The molecule has 0 N–H and O–H groups in total. The third kappa shape index (κ3) is 3.41. The van der Waals surface area contributed by atoms with E-state index in [2.05, 4.69) is 34.7 Å². The molecule has 1 aliphatic rings. The molecular formula is C15H17IO. The van der Waals surface area contributed by atoms with Gasteiger partial charge in [0.2, 0.25) is 0 Å². The number of benzene rings is 1.